The molecule has 346 valence electrons. The largest absolute Gasteiger partial charge is 0.477 e. The molecule has 0 bridgehead atoms. The second-order valence-corrected chi connectivity index (χ2v) is 15.1. The average Bonchev–Trinajstić information content (AvgIpc) is 3.22. The lowest BCUT2D eigenvalue weighted by Crippen LogP contribution is -2.69. The van der Waals surface area contributed by atoms with Crippen molar-refractivity contribution in [2.24, 2.45) is 11.7 Å². The molecular weight excluding hydrogens is 806 g/mol. The number of nitrogens with two attached hydrogens (primary N) is 1. The number of aliphatic hydroxyl groups is 14. The molecule has 4 fully saturated rings. The van der Waals surface area contributed by atoms with Gasteiger partial charge >= 0.3 is 5.97 Å². The molecule has 17 N–H and O–H groups in total. The minimum Gasteiger partial charge on any atom is -0.477 e. The average molecular weight is 868 g/mol. The summed E-state index contributed by atoms with van der Waals surface area (Å²) in [5, 5.41) is 158. The summed E-state index contributed by atoms with van der Waals surface area (Å²) in [6, 6.07) is 0. The van der Waals surface area contributed by atoms with Crippen LogP contribution in [-0.4, -0.2) is 251 Å². The monoisotopic (exact) mass is 867 g/mol. The van der Waals surface area contributed by atoms with Crippen LogP contribution in [0.15, 0.2) is 0 Å². The fourth-order valence-corrected chi connectivity index (χ4v) is 7.40. The van der Waals surface area contributed by atoms with Crippen LogP contribution in [0.3, 0.4) is 0 Å². The Morgan fingerprint density at radius 1 is 0.661 bits per heavy atom. The number of hydrogen-bond donors (Lipinski definition) is 16. The Labute approximate surface area is 337 Å². The summed E-state index contributed by atoms with van der Waals surface area (Å²) in [7, 11) is 0. The van der Waals surface area contributed by atoms with Gasteiger partial charge in [-0.1, -0.05) is 6.92 Å². The van der Waals surface area contributed by atoms with E-state index in [1.165, 1.54) is 6.92 Å². The molecule has 0 amide bonds. The number of ether oxygens (including phenoxy) is 8. The van der Waals surface area contributed by atoms with Gasteiger partial charge in [-0.2, -0.15) is 0 Å². The standard InChI is InChI=1S/C34H61NO24/c1-12-18(44)19(45)17(11-39)53-30(12)58-29-21(47)20(46)24(14(41)8-36)55-32(29)57-28-22(48)25(15(42)9-37)54-31(23(28)49)56-26-13(40)7-34(33(50)51,52-6-4-2-3-5-35)59-27(26)16(43)10-38/h12-32,36-49H,2-11,35H2,1H3,(H,50,51)/t12-,13?,14+,15+,16-,17?,18?,19-,20+,21?,22-,23?,24+,25?,26-,27?,28+,29?,30-,31-,32-,34-/m1/s1. The van der Waals surface area contributed by atoms with E-state index in [9.17, 15) is 81.4 Å². The van der Waals surface area contributed by atoms with E-state index in [2.05, 4.69) is 0 Å². The third kappa shape index (κ3) is 11.2. The van der Waals surface area contributed by atoms with E-state index >= 15 is 0 Å². The summed E-state index contributed by atoms with van der Waals surface area (Å²) in [5.74, 6) is -5.36. The smallest absolute Gasteiger partial charge is 0.364 e. The number of carboxylic acids is 1. The molecule has 4 aliphatic rings. The molecule has 4 heterocycles. The topological polar surface area (TPSA) is 420 Å². The highest BCUT2D eigenvalue weighted by Gasteiger charge is 2.59. The predicted octanol–water partition coefficient (Wildman–Crippen LogP) is -8.75. The molecule has 0 aromatic heterocycles. The summed E-state index contributed by atoms with van der Waals surface area (Å²) in [6.45, 7) is -2.40. The van der Waals surface area contributed by atoms with Gasteiger partial charge in [0.25, 0.3) is 5.79 Å². The SMILES string of the molecule is C[C@@H]1C(O)[C@H](O)C(CO)O[C@@H]1OC1C(O)[C@H](O)[C@H]([C@@H](O)CO)O[C@@H]1O[C@@H]1C(O)[C@@H](O[C@@H]2C(O)C[C@](OCCCCCN)(C(=O)O)OC2[C@H](O)CO)OC([C@@H](O)CO)[C@H]1O. The van der Waals surface area contributed by atoms with Gasteiger partial charge in [0.1, 0.15) is 91.6 Å². The number of carboxylic acid groups (broad SMARTS) is 1. The molecule has 22 atom stereocenters. The number of rotatable bonds is 20. The molecule has 4 saturated heterocycles. The van der Waals surface area contributed by atoms with Gasteiger partial charge in [0.05, 0.1) is 45.2 Å². The Bertz CT molecular complexity index is 1270. The van der Waals surface area contributed by atoms with Crippen LogP contribution in [0.2, 0.25) is 0 Å². The highest BCUT2D eigenvalue weighted by molar-refractivity contribution is 5.76. The molecule has 0 aromatic rings. The number of aliphatic carboxylic acids is 1. The minimum absolute atomic E-state index is 0.180. The van der Waals surface area contributed by atoms with Gasteiger partial charge in [-0.3, -0.25) is 0 Å². The lowest BCUT2D eigenvalue weighted by molar-refractivity contribution is -0.400. The zero-order valence-electron chi connectivity index (χ0n) is 32.2. The second kappa shape index (κ2) is 22.3. The fourth-order valence-electron chi connectivity index (χ4n) is 7.40. The van der Waals surface area contributed by atoms with Crippen LogP contribution < -0.4 is 5.73 Å². The minimum atomic E-state index is -2.56. The number of aliphatic hydroxyl groups excluding tert-OH is 14. The van der Waals surface area contributed by atoms with E-state index in [1.54, 1.807) is 0 Å². The van der Waals surface area contributed by atoms with Crippen LogP contribution in [-0.2, 0) is 42.7 Å². The highest BCUT2D eigenvalue weighted by atomic mass is 16.8. The maximum absolute atomic E-state index is 12.5. The third-order valence-electron chi connectivity index (χ3n) is 10.9. The van der Waals surface area contributed by atoms with Crippen molar-refractivity contribution in [2.45, 2.75) is 161 Å². The molecule has 59 heavy (non-hydrogen) atoms. The molecule has 4 rings (SSSR count). The van der Waals surface area contributed by atoms with Crippen molar-refractivity contribution in [1.29, 1.82) is 0 Å². The molecule has 0 radical (unpaired) electrons. The Morgan fingerprint density at radius 2 is 1.22 bits per heavy atom. The van der Waals surface area contributed by atoms with Crippen LogP contribution in [0.4, 0.5) is 0 Å². The van der Waals surface area contributed by atoms with Gasteiger partial charge in [-0.25, -0.2) is 4.79 Å². The highest BCUT2D eigenvalue weighted by Crippen LogP contribution is 2.39. The van der Waals surface area contributed by atoms with Gasteiger partial charge in [-0.05, 0) is 25.8 Å². The van der Waals surface area contributed by atoms with Gasteiger partial charge in [-0.15, -0.1) is 0 Å². The normalized spacial score (nSPS) is 44.8. The van der Waals surface area contributed by atoms with E-state index in [-0.39, 0.29) is 6.61 Å². The Morgan fingerprint density at radius 3 is 1.80 bits per heavy atom. The predicted molar refractivity (Wildman–Crippen MR) is 187 cm³/mol. The first-order valence-electron chi connectivity index (χ1n) is 19.3. The van der Waals surface area contributed by atoms with E-state index in [0.29, 0.717) is 25.8 Å². The van der Waals surface area contributed by atoms with E-state index in [1.807, 2.05) is 0 Å². The van der Waals surface area contributed by atoms with Crippen molar-refractivity contribution in [3.05, 3.63) is 0 Å². The maximum Gasteiger partial charge on any atom is 0.364 e. The van der Waals surface area contributed by atoms with Crippen molar-refractivity contribution < 1.29 is 119 Å². The van der Waals surface area contributed by atoms with Crippen LogP contribution in [0.1, 0.15) is 32.6 Å². The molecular formula is C34H61NO24. The van der Waals surface area contributed by atoms with Crippen LogP contribution in [0.25, 0.3) is 0 Å². The molecule has 0 aromatic carbocycles. The van der Waals surface area contributed by atoms with Crippen molar-refractivity contribution in [2.75, 3.05) is 39.6 Å². The molecule has 25 nitrogen and oxygen atoms in total. The number of hydrogen-bond acceptors (Lipinski definition) is 24. The maximum atomic E-state index is 12.5. The van der Waals surface area contributed by atoms with Gasteiger partial charge in [0, 0.05) is 12.3 Å². The lowest BCUT2D eigenvalue weighted by Gasteiger charge is -2.51. The first-order chi connectivity index (χ1) is 27.9. The molecule has 4 aliphatic heterocycles. The summed E-state index contributed by atoms with van der Waals surface area (Å²) >= 11 is 0. The van der Waals surface area contributed by atoms with Gasteiger partial charge in [0.15, 0.2) is 18.9 Å². The summed E-state index contributed by atoms with van der Waals surface area (Å²) < 4.78 is 45.7. The fraction of sp³-hybridized carbons (Fsp3) is 0.971. The quantitative estimate of drug-likeness (QED) is 0.0505. The number of carbonyl (C=O) groups is 1. The van der Waals surface area contributed by atoms with E-state index in [0.717, 1.165) is 0 Å². The van der Waals surface area contributed by atoms with E-state index < -0.39 is 173 Å². The lowest BCUT2D eigenvalue weighted by atomic mass is 9.91. The summed E-state index contributed by atoms with van der Waals surface area (Å²) in [5.41, 5.74) is 5.50. The Balaban J connectivity index is 1.66. The molecule has 25 heteroatoms. The molecule has 8 unspecified atom stereocenters. The Hall–Kier alpha value is -1.45. The van der Waals surface area contributed by atoms with Crippen molar-refractivity contribution >= 4 is 5.97 Å². The van der Waals surface area contributed by atoms with Crippen molar-refractivity contribution in [3.63, 3.8) is 0 Å². The van der Waals surface area contributed by atoms with Gasteiger partial charge in [0.2, 0.25) is 0 Å². The molecule has 0 spiro atoms. The van der Waals surface area contributed by atoms with Gasteiger partial charge < -0.3 is 120 Å². The summed E-state index contributed by atoms with van der Waals surface area (Å²) in [6.07, 6.45) is -37.4. The van der Waals surface area contributed by atoms with Crippen LogP contribution in [0, 0.1) is 5.92 Å². The molecule has 0 saturated carbocycles. The van der Waals surface area contributed by atoms with E-state index in [4.69, 9.17) is 43.6 Å². The van der Waals surface area contributed by atoms with Crippen LogP contribution in [0.5, 0.6) is 0 Å². The summed E-state index contributed by atoms with van der Waals surface area (Å²) in [4.78, 5) is 12.5. The zero-order valence-corrected chi connectivity index (χ0v) is 32.2. The van der Waals surface area contributed by atoms with Crippen LogP contribution >= 0.6 is 0 Å². The number of unbranched alkanes of at least 4 members (excludes halogenated alkanes) is 2. The zero-order chi connectivity index (χ0) is 43.9. The first-order valence-corrected chi connectivity index (χ1v) is 19.3. The second-order valence-electron chi connectivity index (χ2n) is 15.1. The first kappa shape index (κ1) is 50.2. The Kier molecular flexibility index (Phi) is 18.9. The van der Waals surface area contributed by atoms with Crippen molar-refractivity contribution in [3.8, 4) is 0 Å². The third-order valence-corrected chi connectivity index (χ3v) is 10.9. The van der Waals surface area contributed by atoms with Crippen molar-refractivity contribution in [1.82, 2.24) is 0 Å². The molecule has 0 aliphatic carbocycles.